The van der Waals surface area contributed by atoms with Gasteiger partial charge >= 0.3 is 0 Å². The molecule has 15 aromatic carbocycles. The molecule has 0 atom stereocenters. The zero-order valence-corrected chi connectivity index (χ0v) is 54.0. The van der Waals surface area contributed by atoms with E-state index in [1.54, 1.807) is 0 Å². The van der Waals surface area contributed by atoms with Gasteiger partial charge in [0.15, 0.2) is 0 Å². The van der Waals surface area contributed by atoms with Crippen molar-refractivity contribution in [3.8, 4) is 11.4 Å². The third kappa shape index (κ3) is 7.84. The van der Waals surface area contributed by atoms with E-state index in [1.165, 1.54) is 99.3 Å². The first kappa shape index (κ1) is 55.6. The van der Waals surface area contributed by atoms with Crippen LogP contribution in [0, 0.1) is 27.7 Å². The van der Waals surface area contributed by atoms with Crippen LogP contribution in [-0.4, -0.2) is 9.13 Å². The summed E-state index contributed by atoms with van der Waals surface area (Å²) in [7, 11) is 0. The molecule has 0 amide bonds. The van der Waals surface area contributed by atoms with E-state index in [9.17, 15) is 0 Å². The average molecular weight is 1230 g/mol. The lowest BCUT2D eigenvalue weighted by Crippen LogP contribution is -2.38. The molecule has 0 aliphatic carbocycles. The van der Waals surface area contributed by atoms with Crippen LogP contribution in [0.5, 0.6) is 0 Å². The second-order valence-corrected chi connectivity index (χ2v) is 26.6. The molecule has 2 aliphatic heterocycles. The van der Waals surface area contributed by atoms with Crippen LogP contribution in [0.25, 0.3) is 76.5 Å². The highest BCUT2D eigenvalue weighted by Crippen LogP contribution is 2.64. The fourth-order valence-corrected chi connectivity index (χ4v) is 17.6. The standard InChI is InChI=1S/C92H66N4/c1-59-49-60(2)52-67(51-59)93-81-45-25-21-37-69(81)75-55-79-87(57-85(75)93)95(83-47-27-23-43-77(83)91(79,63-29-9-5-10-30-63)64-31-11-6-12-32-64)89-71-39-17-19-41-73(71)90(74-42-20-18-40-72(74)89)96-84-48-28-24-44-78(84)92(65-33-13-7-14-34-65,66-35-15-8-16-36-66)80-56-76-70-38-22-26-46-82(70)94(86(76)58-88(80)96)68-53-61(3)50-62(4)54-68/h5-58H,1-4H3. The van der Waals surface area contributed by atoms with Gasteiger partial charge in [0.05, 0.1) is 67.0 Å². The van der Waals surface area contributed by atoms with Crippen molar-refractivity contribution in [1.29, 1.82) is 0 Å². The number of benzene rings is 15. The van der Waals surface area contributed by atoms with Crippen LogP contribution in [-0.2, 0) is 10.8 Å². The Morgan fingerprint density at radius 2 is 0.490 bits per heavy atom. The third-order valence-corrected chi connectivity index (χ3v) is 21.0. The van der Waals surface area contributed by atoms with E-state index in [0.29, 0.717) is 0 Å². The number of anilines is 6. The molecule has 0 unspecified atom stereocenters. The first-order valence-electron chi connectivity index (χ1n) is 33.6. The van der Waals surface area contributed by atoms with Crippen molar-refractivity contribution >= 4 is 99.3 Å². The van der Waals surface area contributed by atoms with Gasteiger partial charge in [-0.15, -0.1) is 0 Å². The minimum absolute atomic E-state index is 0.746. The Balaban J connectivity index is 0.968. The summed E-state index contributed by atoms with van der Waals surface area (Å²) in [5.74, 6) is 0. The van der Waals surface area contributed by atoms with Gasteiger partial charge in [-0.05, 0) is 167 Å². The fraction of sp³-hybridized carbons (Fsp3) is 0.0652. The van der Waals surface area contributed by atoms with Gasteiger partial charge in [0.25, 0.3) is 0 Å². The summed E-state index contributed by atoms with van der Waals surface area (Å²) >= 11 is 0. The summed E-state index contributed by atoms with van der Waals surface area (Å²) in [6.07, 6.45) is 0. The highest BCUT2D eigenvalue weighted by atomic mass is 15.2. The van der Waals surface area contributed by atoms with E-state index >= 15 is 0 Å². The predicted molar refractivity (Wildman–Crippen MR) is 402 cm³/mol. The minimum atomic E-state index is -0.746. The van der Waals surface area contributed by atoms with Gasteiger partial charge < -0.3 is 18.9 Å². The SMILES string of the molecule is Cc1cc(C)cc(-n2c3ccccc3c3cc4c(cc32)N(c2c3ccccc3c(N3c5ccccc5C(c5ccccc5)(c5ccccc5)c5cc6c7ccccc7n(-c7cc(C)cc(C)c7)c6cc53)c3ccccc23)c2ccccc2C4(c2ccccc2)c2ccccc2)c1. The lowest BCUT2D eigenvalue weighted by atomic mass is 9.62. The number of aromatic nitrogens is 2. The Bertz CT molecular complexity index is 5470. The zero-order chi connectivity index (χ0) is 64.0. The van der Waals surface area contributed by atoms with Gasteiger partial charge in [0.1, 0.15) is 0 Å². The van der Waals surface area contributed by atoms with Gasteiger partial charge in [-0.3, -0.25) is 0 Å². The Morgan fingerprint density at radius 3 is 0.823 bits per heavy atom. The average Bonchev–Trinajstić information content (AvgIpc) is 1.22. The molecule has 0 bridgehead atoms. The van der Waals surface area contributed by atoms with Gasteiger partial charge in [0, 0.05) is 54.5 Å². The maximum absolute atomic E-state index is 2.66. The van der Waals surface area contributed by atoms with Gasteiger partial charge in [0.2, 0.25) is 0 Å². The molecule has 0 fully saturated rings. The van der Waals surface area contributed by atoms with Gasteiger partial charge in [-0.2, -0.15) is 0 Å². The molecule has 96 heavy (non-hydrogen) atoms. The van der Waals surface area contributed by atoms with E-state index in [2.05, 4.69) is 374 Å². The number of hydrogen-bond acceptors (Lipinski definition) is 2. The van der Waals surface area contributed by atoms with Crippen LogP contribution in [0.15, 0.2) is 328 Å². The molecule has 4 nitrogen and oxygen atoms in total. The van der Waals surface area contributed by atoms with Gasteiger partial charge in [-0.1, -0.05) is 255 Å². The van der Waals surface area contributed by atoms with Crippen LogP contribution < -0.4 is 9.80 Å². The third-order valence-electron chi connectivity index (χ3n) is 21.0. The molecule has 17 aromatic rings. The summed E-state index contributed by atoms with van der Waals surface area (Å²) in [4.78, 5) is 5.32. The molecule has 4 heteroatoms. The van der Waals surface area contributed by atoms with E-state index in [0.717, 1.165) is 78.1 Å². The van der Waals surface area contributed by atoms with E-state index in [4.69, 9.17) is 0 Å². The molecule has 4 heterocycles. The number of aryl methyl sites for hydroxylation is 4. The number of hydrogen-bond donors (Lipinski definition) is 0. The fourth-order valence-electron chi connectivity index (χ4n) is 17.6. The molecular weight excluding hydrogens is 1160 g/mol. The molecule has 0 radical (unpaired) electrons. The number of nitrogens with zero attached hydrogens (tertiary/aromatic N) is 4. The highest BCUT2D eigenvalue weighted by Gasteiger charge is 2.50. The smallest absolute Gasteiger partial charge is 0.0742 e. The molecule has 2 aromatic heterocycles. The van der Waals surface area contributed by atoms with Crippen molar-refractivity contribution in [3.63, 3.8) is 0 Å². The quantitative estimate of drug-likeness (QED) is 0.141. The Morgan fingerprint density at radius 1 is 0.208 bits per heavy atom. The largest absolute Gasteiger partial charge is 0.309 e. The predicted octanol–water partition coefficient (Wildman–Crippen LogP) is 23.8. The second-order valence-electron chi connectivity index (χ2n) is 26.6. The molecular formula is C92H66N4. The summed E-state index contributed by atoms with van der Waals surface area (Å²) in [5, 5.41) is 9.41. The number of rotatable bonds is 8. The summed E-state index contributed by atoms with van der Waals surface area (Å²) in [6.45, 7) is 8.87. The first-order valence-corrected chi connectivity index (χ1v) is 33.6. The lowest BCUT2D eigenvalue weighted by Gasteiger charge is -2.48. The Kier molecular flexibility index (Phi) is 12.3. The highest BCUT2D eigenvalue weighted by molar-refractivity contribution is 6.25. The van der Waals surface area contributed by atoms with E-state index in [-0.39, 0.29) is 0 Å². The molecule has 19 rings (SSSR count). The maximum Gasteiger partial charge on any atom is 0.0742 e. The van der Waals surface area contributed by atoms with Crippen molar-refractivity contribution in [2.75, 3.05) is 9.80 Å². The monoisotopic (exact) mass is 1230 g/mol. The van der Waals surface area contributed by atoms with Crippen molar-refractivity contribution in [3.05, 3.63) is 394 Å². The zero-order valence-electron chi connectivity index (χ0n) is 54.0. The first-order chi connectivity index (χ1) is 47.3. The topological polar surface area (TPSA) is 16.3 Å². The Hall–Kier alpha value is -12.0. The number of para-hydroxylation sites is 4. The Labute approximate surface area is 559 Å². The van der Waals surface area contributed by atoms with Crippen LogP contribution in [0.1, 0.15) is 66.8 Å². The van der Waals surface area contributed by atoms with Crippen LogP contribution in [0.2, 0.25) is 0 Å². The van der Waals surface area contributed by atoms with Crippen LogP contribution in [0.4, 0.5) is 34.1 Å². The van der Waals surface area contributed by atoms with Crippen LogP contribution >= 0.6 is 0 Å². The van der Waals surface area contributed by atoms with Crippen molar-refractivity contribution in [2.45, 2.75) is 38.5 Å². The molecule has 0 N–H and O–H groups in total. The summed E-state index contributed by atoms with van der Waals surface area (Å²) in [5.41, 5.74) is 26.8. The minimum Gasteiger partial charge on any atom is -0.309 e. The van der Waals surface area contributed by atoms with Crippen molar-refractivity contribution < 1.29 is 0 Å². The molecule has 0 saturated carbocycles. The molecule has 454 valence electrons. The van der Waals surface area contributed by atoms with Gasteiger partial charge in [-0.25, -0.2) is 0 Å². The number of fused-ring (bicyclic) bond motifs is 12. The molecule has 2 aliphatic rings. The van der Waals surface area contributed by atoms with Crippen LogP contribution in [0.3, 0.4) is 0 Å². The maximum atomic E-state index is 2.66. The molecule has 0 spiro atoms. The molecule has 0 saturated heterocycles. The van der Waals surface area contributed by atoms with E-state index < -0.39 is 10.8 Å². The summed E-state index contributed by atoms with van der Waals surface area (Å²) < 4.78 is 5.03. The second kappa shape index (κ2) is 21.3. The van der Waals surface area contributed by atoms with Crippen molar-refractivity contribution in [2.24, 2.45) is 0 Å². The van der Waals surface area contributed by atoms with Crippen molar-refractivity contribution in [1.82, 2.24) is 9.13 Å². The lowest BCUT2D eigenvalue weighted by molar-refractivity contribution is 0.732. The normalized spacial score (nSPS) is 13.8. The summed E-state index contributed by atoms with van der Waals surface area (Å²) in [6, 6.07) is 124. The van der Waals surface area contributed by atoms with E-state index in [1.807, 2.05) is 0 Å².